The SMILES string of the molecule is FC(F)(F)c1cc(-n2c[n+]3c(n2)CO[C@@H]2Cc4ccccc4[C@@H]23)cc(C(F)(F)F)c1.[Cl-]. The van der Waals surface area contributed by atoms with Crippen LogP contribution in [0.1, 0.15) is 34.1 Å². The first-order valence-corrected chi connectivity index (χ1v) is 9.10. The van der Waals surface area contributed by atoms with Crippen molar-refractivity contribution in [1.29, 1.82) is 0 Å². The van der Waals surface area contributed by atoms with Crippen molar-refractivity contribution in [1.82, 2.24) is 9.78 Å². The maximum Gasteiger partial charge on any atom is 0.416 e. The van der Waals surface area contributed by atoms with Crippen molar-refractivity contribution >= 4 is 0 Å². The van der Waals surface area contributed by atoms with E-state index in [1.807, 2.05) is 24.3 Å². The largest absolute Gasteiger partial charge is 1.00 e. The van der Waals surface area contributed by atoms with Crippen molar-refractivity contribution in [2.45, 2.75) is 37.5 Å². The van der Waals surface area contributed by atoms with Gasteiger partial charge >= 0.3 is 18.2 Å². The second kappa shape index (κ2) is 7.23. The molecule has 1 aliphatic heterocycles. The minimum atomic E-state index is -4.92. The van der Waals surface area contributed by atoms with Gasteiger partial charge in [-0.15, -0.1) is 0 Å². The number of benzene rings is 2. The normalized spacial score (nSPS) is 19.9. The van der Waals surface area contributed by atoms with Crippen LogP contribution in [-0.4, -0.2) is 15.9 Å². The van der Waals surface area contributed by atoms with E-state index in [1.54, 1.807) is 4.57 Å². The fraction of sp³-hybridized carbons (Fsp3) is 0.300. The van der Waals surface area contributed by atoms with Gasteiger partial charge in [-0.2, -0.15) is 26.3 Å². The Kier molecular flexibility index (Phi) is 5.05. The molecular weight excluding hydrogens is 448 g/mol. The summed E-state index contributed by atoms with van der Waals surface area (Å²) in [4.78, 5) is 0. The zero-order valence-corrected chi connectivity index (χ0v) is 16.3. The van der Waals surface area contributed by atoms with E-state index < -0.39 is 23.5 Å². The number of nitrogens with zero attached hydrogens (tertiary/aromatic N) is 3. The highest BCUT2D eigenvalue weighted by Crippen LogP contribution is 2.38. The molecule has 2 aromatic carbocycles. The summed E-state index contributed by atoms with van der Waals surface area (Å²) in [6, 6.07) is 8.90. The molecule has 0 unspecified atom stereocenters. The Bertz CT molecular complexity index is 1110. The van der Waals surface area contributed by atoms with Crippen LogP contribution in [0.25, 0.3) is 5.69 Å². The van der Waals surface area contributed by atoms with Crippen LogP contribution in [0.5, 0.6) is 0 Å². The monoisotopic (exact) mass is 461 g/mol. The minimum Gasteiger partial charge on any atom is -1.00 e. The van der Waals surface area contributed by atoms with Gasteiger partial charge in [0.05, 0.1) is 11.1 Å². The molecule has 1 aromatic heterocycles. The molecule has 5 rings (SSSR count). The Labute approximate surface area is 178 Å². The van der Waals surface area contributed by atoms with Crippen LogP contribution in [0.2, 0.25) is 0 Å². The van der Waals surface area contributed by atoms with Gasteiger partial charge in [0.1, 0.15) is 24.4 Å². The van der Waals surface area contributed by atoms with E-state index in [9.17, 15) is 26.3 Å². The Morgan fingerprint density at radius 3 is 2.26 bits per heavy atom. The van der Waals surface area contributed by atoms with E-state index in [-0.39, 0.29) is 42.9 Å². The first-order chi connectivity index (χ1) is 14.1. The molecule has 1 aliphatic carbocycles. The van der Waals surface area contributed by atoms with Crippen molar-refractivity contribution < 1.29 is 48.1 Å². The zero-order valence-electron chi connectivity index (χ0n) is 15.6. The zero-order chi connectivity index (χ0) is 21.3. The number of ether oxygens (including phenoxy) is 1. The van der Waals surface area contributed by atoms with Gasteiger partial charge in [-0.3, -0.25) is 0 Å². The molecule has 2 aliphatic rings. The number of fused-ring (bicyclic) bond motifs is 5. The lowest BCUT2D eigenvalue weighted by atomic mass is 10.1. The second-order valence-electron chi connectivity index (χ2n) is 7.34. The first-order valence-electron chi connectivity index (χ1n) is 9.10. The standard InChI is InChI=1S/C20H14F6N3O.ClH/c21-19(22,23)12-6-13(20(24,25)26)8-14(7-12)29-10-28-17(27-29)9-30-16-5-11-3-1-2-4-15(11)18(16)28;/h1-4,6-8,10,16,18H,5,9H2;1H/q+1;/p-1/t16-,18+;/m1./s1. The third kappa shape index (κ3) is 3.67. The number of halogens is 7. The summed E-state index contributed by atoms with van der Waals surface area (Å²) in [5.74, 6) is 0.430. The summed E-state index contributed by atoms with van der Waals surface area (Å²) in [5, 5.41) is 4.22. The molecule has 0 radical (unpaired) electrons. The molecule has 2 heterocycles. The minimum absolute atomic E-state index is 0. The predicted molar refractivity (Wildman–Crippen MR) is 90.6 cm³/mol. The molecule has 0 spiro atoms. The third-order valence-corrected chi connectivity index (χ3v) is 5.47. The van der Waals surface area contributed by atoms with Crippen molar-refractivity contribution in [3.05, 3.63) is 76.9 Å². The Balaban J connectivity index is 0.00000231. The van der Waals surface area contributed by atoms with Crippen LogP contribution in [0, 0.1) is 0 Å². The average Bonchev–Trinajstić information content (AvgIpc) is 3.27. The van der Waals surface area contributed by atoms with Crippen LogP contribution in [-0.2, 0) is 30.1 Å². The molecule has 4 nitrogen and oxygen atoms in total. The van der Waals surface area contributed by atoms with Crippen LogP contribution in [0.3, 0.4) is 0 Å². The van der Waals surface area contributed by atoms with Gasteiger partial charge in [0, 0.05) is 11.5 Å². The number of alkyl halides is 6. The van der Waals surface area contributed by atoms with Crippen LogP contribution >= 0.6 is 0 Å². The quantitative estimate of drug-likeness (QED) is 0.403. The molecular formula is C20H14ClF6N3O. The summed E-state index contributed by atoms with van der Waals surface area (Å²) < 4.78 is 87.9. The molecule has 164 valence electrons. The topological polar surface area (TPSA) is 30.9 Å². The van der Waals surface area contributed by atoms with Gasteiger partial charge in [-0.1, -0.05) is 28.9 Å². The van der Waals surface area contributed by atoms with Crippen molar-refractivity contribution in [3.63, 3.8) is 0 Å². The van der Waals surface area contributed by atoms with Crippen LogP contribution in [0.4, 0.5) is 26.3 Å². The lowest BCUT2D eigenvalue weighted by Crippen LogP contribution is -3.00. The highest BCUT2D eigenvalue weighted by atomic mass is 35.5. The van der Waals surface area contributed by atoms with Crippen molar-refractivity contribution in [2.24, 2.45) is 0 Å². The molecule has 0 fully saturated rings. The molecule has 0 bridgehead atoms. The first kappa shape index (κ1) is 21.6. The number of rotatable bonds is 1. The summed E-state index contributed by atoms with van der Waals surface area (Å²) in [7, 11) is 0. The fourth-order valence-corrected chi connectivity index (χ4v) is 4.12. The Hall–Kier alpha value is -2.59. The van der Waals surface area contributed by atoms with E-state index in [0.29, 0.717) is 24.4 Å². The highest BCUT2D eigenvalue weighted by Gasteiger charge is 2.44. The highest BCUT2D eigenvalue weighted by molar-refractivity contribution is 5.42. The van der Waals surface area contributed by atoms with Gasteiger partial charge in [0.2, 0.25) is 6.33 Å². The molecule has 11 heteroatoms. The molecule has 0 saturated carbocycles. The molecule has 2 atom stereocenters. The van der Waals surface area contributed by atoms with E-state index in [2.05, 4.69) is 5.10 Å². The van der Waals surface area contributed by atoms with E-state index >= 15 is 0 Å². The summed E-state index contributed by atoms with van der Waals surface area (Å²) >= 11 is 0. The molecule has 0 saturated heterocycles. The van der Waals surface area contributed by atoms with Gasteiger partial charge in [0.15, 0.2) is 0 Å². The van der Waals surface area contributed by atoms with Crippen LogP contribution < -0.4 is 17.0 Å². The number of hydrogen-bond acceptors (Lipinski definition) is 2. The Morgan fingerprint density at radius 1 is 0.968 bits per heavy atom. The fourth-order valence-electron chi connectivity index (χ4n) is 4.12. The van der Waals surface area contributed by atoms with E-state index in [0.717, 1.165) is 15.8 Å². The maximum absolute atomic E-state index is 13.2. The third-order valence-electron chi connectivity index (χ3n) is 5.47. The van der Waals surface area contributed by atoms with E-state index in [4.69, 9.17) is 4.74 Å². The summed E-state index contributed by atoms with van der Waals surface area (Å²) in [5.41, 5.74) is -0.980. The molecule has 3 aromatic rings. The summed E-state index contributed by atoms with van der Waals surface area (Å²) in [6.45, 7) is 0.118. The number of hydrogen-bond donors (Lipinski definition) is 0. The smallest absolute Gasteiger partial charge is 0.416 e. The lowest BCUT2D eigenvalue weighted by molar-refractivity contribution is -0.739. The van der Waals surface area contributed by atoms with Crippen molar-refractivity contribution in [2.75, 3.05) is 0 Å². The van der Waals surface area contributed by atoms with E-state index in [1.165, 1.54) is 6.33 Å². The molecule has 0 N–H and O–H groups in total. The lowest BCUT2D eigenvalue weighted by Gasteiger charge is -2.23. The maximum atomic E-state index is 13.2. The summed E-state index contributed by atoms with van der Waals surface area (Å²) in [6.07, 6.45) is -7.89. The molecule has 0 amide bonds. The van der Waals surface area contributed by atoms with Crippen molar-refractivity contribution in [3.8, 4) is 5.69 Å². The second-order valence-corrected chi connectivity index (χ2v) is 7.34. The van der Waals surface area contributed by atoms with Gasteiger partial charge in [-0.05, 0) is 29.3 Å². The number of aromatic nitrogens is 3. The average molecular weight is 462 g/mol. The Morgan fingerprint density at radius 2 is 1.61 bits per heavy atom. The van der Waals surface area contributed by atoms with Crippen LogP contribution in [0.15, 0.2) is 48.8 Å². The van der Waals surface area contributed by atoms with Gasteiger partial charge in [-0.25, -0.2) is 4.57 Å². The van der Waals surface area contributed by atoms with Gasteiger partial charge < -0.3 is 17.1 Å². The molecule has 31 heavy (non-hydrogen) atoms. The van der Waals surface area contributed by atoms with Gasteiger partial charge in [0.25, 0.3) is 0 Å². The predicted octanol–water partition coefficient (Wildman–Crippen LogP) is 1.25.